The zero-order valence-electron chi connectivity index (χ0n) is 13.3. The van der Waals surface area contributed by atoms with Gasteiger partial charge in [-0.25, -0.2) is 0 Å². The second-order valence-electron chi connectivity index (χ2n) is 6.80. The first-order chi connectivity index (χ1) is 9.60. The average Bonchev–Trinajstić information content (AvgIpc) is 2.44. The fourth-order valence-corrected chi connectivity index (χ4v) is 3.82. The van der Waals surface area contributed by atoms with E-state index in [2.05, 4.69) is 29.4 Å². The number of carbonyl (C=O) groups excluding carboxylic acids is 1. The van der Waals surface area contributed by atoms with Crippen LogP contribution in [0.5, 0.6) is 0 Å². The van der Waals surface area contributed by atoms with Crippen LogP contribution in [0.1, 0.15) is 46.0 Å². The predicted octanol–water partition coefficient (Wildman–Crippen LogP) is 1.61. The van der Waals surface area contributed by atoms with E-state index in [-0.39, 0.29) is 5.91 Å². The molecule has 2 unspecified atom stereocenters. The van der Waals surface area contributed by atoms with Crippen LogP contribution in [0.2, 0.25) is 0 Å². The Morgan fingerprint density at radius 3 is 2.25 bits per heavy atom. The molecule has 20 heavy (non-hydrogen) atoms. The number of hydrogen-bond donors (Lipinski definition) is 2. The third kappa shape index (κ3) is 4.19. The predicted molar refractivity (Wildman–Crippen MR) is 82.6 cm³/mol. The molecule has 2 rings (SSSR count). The van der Waals surface area contributed by atoms with E-state index in [1.54, 1.807) is 7.05 Å². The molecule has 0 spiro atoms. The Hall–Kier alpha value is -0.610. The van der Waals surface area contributed by atoms with Crippen LogP contribution in [0.4, 0.5) is 0 Å². The summed E-state index contributed by atoms with van der Waals surface area (Å²) in [7, 11) is 1.71. The van der Waals surface area contributed by atoms with Gasteiger partial charge < -0.3 is 10.6 Å². The largest absolute Gasteiger partial charge is 0.358 e. The Morgan fingerprint density at radius 2 is 1.70 bits per heavy atom. The van der Waals surface area contributed by atoms with Crippen molar-refractivity contribution in [3.05, 3.63) is 0 Å². The maximum atomic E-state index is 11.4. The number of carbonyl (C=O) groups is 1. The zero-order chi connectivity index (χ0) is 14.5. The number of rotatable bonds is 4. The van der Waals surface area contributed by atoms with Crippen LogP contribution in [0.3, 0.4) is 0 Å². The Kier molecular flexibility index (Phi) is 5.85. The molecule has 1 heterocycles. The number of hydrogen-bond acceptors (Lipinski definition) is 3. The van der Waals surface area contributed by atoms with Gasteiger partial charge >= 0.3 is 0 Å². The van der Waals surface area contributed by atoms with Crippen LogP contribution in [-0.2, 0) is 4.79 Å². The Morgan fingerprint density at radius 1 is 1.10 bits per heavy atom. The van der Waals surface area contributed by atoms with Gasteiger partial charge in [0, 0.05) is 32.2 Å². The quantitative estimate of drug-likeness (QED) is 0.823. The average molecular weight is 281 g/mol. The van der Waals surface area contributed by atoms with E-state index >= 15 is 0 Å². The molecule has 0 aromatic rings. The van der Waals surface area contributed by atoms with Gasteiger partial charge in [0.1, 0.15) is 0 Å². The van der Waals surface area contributed by atoms with Crippen molar-refractivity contribution in [3.63, 3.8) is 0 Å². The lowest BCUT2D eigenvalue weighted by atomic mass is 9.78. The highest BCUT2D eigenvalue weighted by molar-refractivity contribution is 5.77. The van der Waals surface area contributed by atoms with Crippen molar-refractivity contribution in [2.75, 3.05) is 26.7 Å². The molecule has 2 N–H and O–H groups in total. The highest BCUT2D eigenvalue weighted by atomic mass is 16.1. The number of piperidine rings is 1. The summed E-state index contributed by atoms with van der Waals surface area (Å²) in [5.74, 6) is 1.75. The first-order valence-corrected chi connectivity index (χ1v) is 8.29. The van der Waals surface area contributed by atoms with Crippen LogP contribution in [0, 0.1) is 11.8 Å². The third-order valence-corrected chi connectivity index (χ3v) is 5.21. The Labute approximate surface area is 123 Å². The van der Waals surface area contributed by atoms with Crippen molar-refractivity contribution in [2.45, 2.75) is 58.0 Å². The first-order valence-electron chi connectivity index (χ1n) is 8.29. The maximum Gasteiger partial charge on any atom is 0.233 e. The van der Waals surface area contributed by atoms with Crippen molar-refractivity contribution < 1.29 is 4.79 Å². The van der Waals surface area contributed by atoms with E-state index in [0.717, 1.165) is 24.9 Å². The molecule has 4 nitrogen and oxygen atoms in total. The molecular weight excluding hydrogens is 250 g/mol. The third-order valence-electron chi connectivity index (χ3n) is 5.21. The van der Waals surface area contributed by atoms with Gasteiger partial charge in [0.25, 0.3) is 0 Å². The zero-order valence-corrected chi connectivity index (χ0v) is 13.3. The van der Waals surface area contributed by atoms with Crippen molar-refractivity contribution in [2.24, 2.45) is 11.8 Å². The maximum absolute atomic E-state index is 11.4. The van der Waals surface area contributed by atoms with Gasteiger partial charge in [-0.15, -0.1) is 0 Å². The van der Waals surface area contributed by atoms with Gasteiger partial charge in [-0.3, -0.25) is 9.69 Å². The molecule has 1 aliphatic heterocycles. The lowest BCUT2D eigenvalue weighted by Gasteiger charge is -2.40. The lowest BCUT2D eigenvalue weighted by Crippen LogP contribution is -2.52. The molecule has 1 saturated carbocycles. The molecule has 4 heteroatoms. The fraction of sp³-hybridized carbons (Fsp3) is 0.938. The minimum atomic E-state index is 0.130. The number of likely N-dealkylation sites (tertiary alicyclic amines) is 1. The lowest BCUT2D eigenvalue weighted by molar-refractivity contribution is -0.122. The van der Waals surface area contributed by atoms with Gasteiger partial charge in [-0.2, -0.15) is 0 Å². The highest BCUT2D eigenvalue weighted by Crippen LogP contribution is 2.29. The second-order valence-corrected chi connectivity index (χ2v) is 6.80. The number of likely N-dealkylation sites (N-methyl/N-ethyl adjacent to an activating group) is 1. The highest BCUT2D eigenvalue weighted by Gasteiger charge is 2.30. The van der Waals surface area contributed by atoms with E-state index < -0.39 is 0 Å². The SMILES string of the molecule is CNC(=O)CN1CCC(NC2C(C)CCCC2C)CC1. The van der Waals surface area contributed by atoms with Gasteiger partial charge in [-0.1, -0.05) is 20.3 Å². The van der Waals surface area contributed by atoms with Crippen LogP contribution >= 0.6 is 0 Å². The molecule has 0 bridgehead atoms. The summed E-state index contributed by atoms with van der Waals surface area (Å²) < 4.78 is 0. The van der Waals surface area contributed by atoms with Crippen LogP contribution < -0.4 is 10.6 Å². The molecule has 1 amide bonds. The summed E-state index contributed by atoms with van der Waals surface area (Å²) in [5.41, 5.74) is 0. The van der Waals surface area contributed by atoms with Gasteiger partial charge in [0.2, 0.25) is 5.91 Å². The fourth-order valence-electron chi connectivity index (χ4n) is 3.82. The number of nitrogens with one attached hydrogen (secondary N) is 2. The molecule has 1 aliphatic carbocycles. The molecule has 2 fully saturated rings. The smallest absolute Gasteiger partial charge is 0.233 e. The summed E-state index contributed by atoms with van der Waals surface area (Å²) in [4.78, 5) is 13.7. The minimum absolute atomic E-state index is 0.130. The van der Waals surface area contributed by atoms with E-state index in [0.29, 0.717) is 18.6 Å². The van der Waals surface area contributed by atoms with E-state index in [9.17, 15) is 4.79 Å². The summed E-state index contributed by atoms with van der Waals surface area (Å²) >= 11 is 0. The second kappa shape index (κ2) is 7.41. The standard InChI is InChI=1S/C16H31N3O/c1-12-5-4-6-13(2)16(12)18-14-7-9-19(10-8-14)11-15(20)17-3/h12-14,16,18H,4-11H2,1-3H3,(H,17,20). The topological polar surface area (TPSA) is 44.4 Å². The van der Waals surface area contributed by atoms with Crippen LogP contribution in [-0.4, -0.2) is 49.6 Å². The van der Waals surface area contributed by atoms with Crippen LogP contribution in [0.15, 0.2) is 0 Å². The molecule has 2 aliphatic rings. The van der Waals surface area contributed by atoms with Gasteiger partial charge in [0.05, 0.1) is 6.54 Å². The van der Waals surface area contributed by atoms with Crippen molar-refractivity contribution >= 4 is 5.91 Å². The summed E-state index contributed by atoms with van der Waals surface area (Å²) in [5, 5.41) is 6.62. The van der Waals surface area contributed by atoms with Crippen LogP contribution in [0.25, 0.3) is 0 Å². The molecule has 116 valence electrons. The Balaban J connectivity index is 1.75. The molecule has 0 radical (unpaired) electrons. The van der Waals surface area contributed by atoms with Crippen molar-refractivity contribution in [1.82, 2.24) is 15.5 Å². The van der Waals surface area contributed by atoms with Crippen molar-refractivity contribution in [3.8, 4) is 0 Å². The monoisotopic (exact) mass is 281 g/mol. The summed E-state index contributed by atoms with van der Waals surface area (Å²) in [6, 6.07) is 1.34. The normalized spacial score (nSPS) is 33.0. The van der Waals surface area contributed by atoms with Crippen molar-refractivity contribution in [1.29, 1.82) is 0 Å². The molecule has 0 aromatic heterocycles. The summed E-state index contributed by atoms with van der Waals surface area (Å²) in [6.07, 6.45) is 6.49. The van der Waals surface area contributed by atoms with E-state index in [4.69, 9.17) is 0 Å². The summed E-state index contributed by atoms with van der Waals surface area (Å²) in [6.45, 7) is 7.43. The van der Waals surface area contributed by atoms with E-state index in [1.165, 1.54) is 32.1 Å². The first kappa shape index (κ1) is 15.8. The Bertz CT molecular complexity index is 303. The van der Waals surface area contributed by atoms with E-state index in [1.807, 2.05) is 0 Å². The van der Waals surface area contributed by atoms with Gasteiger partial charge in [0.15, 0.2) is 0 Å². The number of nitrogens with zero attached hydrogens (tertiary/aromatic N) is 1. The van der Waals surface area contributed by atoms with Gasteiger partial charge in [-0.05, 0) is 37.5 Å². The number of amides is 1. The molecule has 1 saturated heterocycles. The molecule has 0 aromatic carbocycles. The minimum Gasteiger partial charge on any atom is -0.358 e. The molecular formula is C16H31N3O. The molecule has 2 atom stereocenters.